The second-order valence-corrected chi connectivity index (χ2v) is 5.81. The largest absolute Gasteiger partial charge is 0.349 e. The number of benzene rings is 1. The molecule has 2 aromatic rings. The third-order valence-electron chi connectivity index (χ3n) is 4.22. The van der Waals surface area contributed by atoms with Gasteiger partial charge in [0.25, 0.3) is 0 Å². The zero-order valence-corrected chi connectivity index (χ0v) is 12.9. The molecule has 2 heterocycles. The van der Waals surface area contributed by atoms with Gasteiger partial charge >= 0.3 is 0 Å². The monoisotopic (exact) mass is 298 g/mol. The second-order valence-electron chi connectivity index (χ2n) is 5.81. The van der Waals surface area contributed by atoms with Crippen molar-refractivity contribution < 1.29 is 4.79 Å². The Hall–Kier alpha value is -2.14. The molecule has 1 amide bonds. The number of amides is 1. The van der Waals surface area contributed by atoms with Crippen LogP contribution in [0.2, 0.25) is 0 Å². The van der Waals surface area contributed by atoms with Crippen LogP contribution in [0.15, 0.2) is 42.7 Å². The van der Waals surface area contributed by atoms with Gasteiger partial charge < -0.3 is 14.8 Å². The first kappa shape index (κ1) is 14.8. The van der Waals surface area contributed by atoms with E-state index in [0.717, 1.165) is 25.5 Å². The average molecular weight is 298 g/mol. The van der Waals surface area contributed by atoms with Gasteiger partial charge in [-0.15, -0.1) is 0 Å². The van der Waals surface area contributed by atoms with Crippen LogP contribution in [0.1, 0.15) is 23.9 Å². The topological polar surface area (TPSA) is 52.2 Å². The minimum Gasteiger partial charge on any atom is -0.349 e. The molecule has 1 fully saturated rings. The van der Waals surface area contributed by atoms with Gasteiger partial charge in [0.2, 0.25) is 5.91 Å². The van der Waals surface area contributed by atoms with Gasteiger partial charge in [-0.2, -0.15) is 0 Å². The van der Waals surface area contributed by atoms with Crippen molar-refractivity contribution in [1.82, 2.24) is 19.8 Å². The highest BCUT2D eigenvalue weighted by Crippen LogP contribution is 2.25. The number of hydrogen-bond donors (Lipinski definition) is 1. The van der Waals surface area contributed by atoms with E-state index in [1.54, 1.807) is 12.4 Å². The Kier molecular flexibility index (Phi) is 4.53. The number of piperazine rings is 1. The molecule has 0 bridgehead atoms. The van der Waals surface area contributed by atoms with Gasteiger partial charge in [0.1, 0.15) is 5.82 Å². The van der Waals surface area contributed by atoms with E-state index in [9.17, 15) is 4.79 Å². The lowest BCUT2D eigenvalue weighted by molar-refractivity contribution is -0.136. The summed E-state index contributed by atoms with van der Waals surface area (Å²) in [4.78, 5) is 24.2. The molecular weight excluding hydrogens is 276 g/mol. The molecule has 0 spiro atoms. The van der Waals surface area contributed by atoms with E-state index in [4.69, 9.17) is 0 Å². The minimum absolute atomic E-state index is 0.143. The summed E-state index contributed by atoms with van der Waals surface area (Å²) >= 11 is 0. The molecule has 0 radical (unpaired) electrons. The van der Waals surface area contributed by atoms with Gasteiger partial charge in [-0.05, 0) is 12.6 Å². The smallest absolute Gasteiger partial charge is 0.223 e. The van der Waals surface area contributed by atoms with Gasteiger partial charge in [0.05, 0.1) is 6.04 Å². The van der Waals surface area contributed by atoms with E-state index < -0.39 is 0 Å². The molecule has 1 N–H and O–H groups in total. The molecule has 1 aliphatic rings. The number of carbonyl (C=O) groups is 1. The first-order chi connectivity index (χ1) is 10.7. The summed E-state index contributed by atoms with van der Waals surface area (Å²) in [6.45, 7) is 2.60. The zero-order chi connectivity index (χ0) is 15.4. The molecule has 0 aliphatic carbocycles. The highest BCUT2D eigenvalue weighted by atomic mass is 16.2. The quantitative estimate of drug-likeness (QED) is 0.937. The van der Waals surface area contributed by atoms with Crippen LogP contribution >= 0.6 is 0 Å². The van der Waals surface area contributed by atoms with E-state index in [2.05, 4.69) is 34.0 Å². The van der Waals surface area contributed by atoms with E-state index in [1.165, 1.54) is 5.56 Å². The number of carbonyl (C=O) groups excluding carboxylic acids is 1. The van der Waals surface area contributed by atoms with Crippen LogP contribution in [-0.4, -0.2) is 52.4 Å². The molecule has 1 atom stereocenters. The molecular formula is C17H22N4O. The van der Waals surface area contributed by atoms with Crippen molar-refractivity contribution in [2.75, 3.05) is 26.7 Å². The molecule has 116 valence electrons. The van der Waals surface area contributed by atoms with Crippen molar-refractivity contribution in [3.63, 3.8) is 0 Å². The molecule has 5 heteroatoms. The van der Waals surface area contributed by atoms with Crippen LogP contribution in [0.5, 0.6) is 0 Å². The van der Waals surface area contributed by atoms with Crippen LogP contribution in [0, 0.1) is 0 Å². The lowest BCUT2D eigenvalue weighted by Crippen LogP contribution is -2.49. The maximum Gasteiger partial charge on any atom is 0.223 e. The summed E-state index contributed by atoms with van der Waals surface area (Å²) in [5.74, 6) is 1.08. The second kappa shape index (κ2) is 6.75. The number of imidazole rings is 1. The highest BCUT2D eigenvalue weighted by Gasteiger charge is 2.29. The zero-order valence-electron chi connectivity index (χ0n) is 12.9. The standard InChI is InChI=1S/C17H22N4O/c1-20-11-12-21(15(13-20)14-5-3-2-4-6-14)17(22)8-7-16-18-9-10-19-16/h2-6,9-10,15H,7-8,11-13H2,1H3,(H,18,19). The number of aryl methyl sites for hydroxylation is 1. The molecule has 0 saturated carbocycles. The molecule has 1 aromatic carbocycles. The number of aromatic nitrogens is 2. The van der Waals surface area contributed by atoms with Crippen LogP contribution < -0.4 is 0 Å². The Morgan fingerprint density at radius 2 is 2.14 bits per heavy atom. The van der Waals surface area contributed by atoms with E-state index in [1.807, 2.05) is 23.1 Å². The maximum atomic E-state index is 12.6. The fourth-order valence-corrected chi connectivity index (χ4v) is 2.98. The maximum absolute atomic E-state index is 12.6. The molecule has 3 rings (SSSR count). The van der Waals surface area contributed by atoms with Crippen LogP contribution in [0.25, 0.3) is 0 Å². The van der Waals surface area contributed by atoms with E-state index in [0.29, 0.717) is 12.8 Å². The lowest BCUT2D eigenvalue weighted by atomic mass is 10.0. The predicted molar refractivity (Wildman–Crippen MR) is 85.3 cm³/mol. The SMILES string of the molecule is CN1CCN(C(=O)CCc2ncc[nH]2)C(c2ccccc2)C1. The number of nitrogens with one attached hydrogen (secondary N) is 1. The fraction of sp³-hybridized carbons (Fsp3) is 0.412. The number of likely N-dealkylation sites (N-methyl/N-ethyl adjacent to an activating group) is 1. The number of rotatable bonds is 4. The van der Waals surface area contributed by atoms with Crippen molar-refractivity contribution in [1.29, 1.82) is 0 Å². The van der Waals surface area contributed by atoms with Crippen molar-refractivity contribution in [3.8, 4) is 0 Å². The fourth-order valence-electron chi connectivity index (χ4n) is 2.98. The van der Waals surface area contributed by atoms with Crippen LogP contribution in [-0.2, 0) is 11.2 Å². The van der Waals surface area contributed by atoms with Crippen molar-refractivity contribution in [3.05, 3.63) is 54.1 Å². The Labute approximate surface area is 131 Å². The third-order valence-corrected chi connectivity index (χ3v) is 4.22. The Morgan fingerprint density at radius 3 is 2.86 bits per heavy atom. The first-order valence-corrected chi connectivity index (χ1v) is 7.75. The van der Waals surface area contributed by atoms with Crippen molar-refractivity contribution >= 4 is 5.91 Å². The van der Waals surface area contributed by atoms with E-state index in [-0.39, 0.29) is 11.9 Å². The molecule has 1 unspecified atom stereocenters. The average Bonchev–Trinajstić information content (AvgIpc) is 3.07. The summed E-state index contributed by atoms with van der Waals surface area (Å²) in [7, 11) is 2.11. The first-order valence-electron chi connectivity index (χ1n) is 7.75. The molecule has 5 nitrogen and oxygen atoms in total. The number of aromatic amines is 1. The summed E-state index contributed by atoms with van der Waals surface area (Å²) < 4.78 is 0. The molecule has 22 heavy (non-hydrogen) atoms. The highest BCUT2D eigenvalue weighted by molar-refractivity contribution is 5.77. The summed E-state index contributed by atoms with van der Waals surface area (Å²) in [6.07, 6.45) is 4.69. The molecule has 1 aromatic heterocycles. The predicted octanol–water partition coefficient (Wildman–Crippen LogP) is 1.86. The summed E-state index contributed by atoms with van der Waals surface area (Å²) in [5, 5.41) is 0. The molecule has 1 saturated heterocycles. The third kappa shape index (κ3) is 3.36. The summed E-state index contributed by atoms with van der Waals surface area (Å²) in [5.41, 5.74) is 1.21. The van der Waals surface area contributed by atoms with Crippen molar-refractivity contribution in [2.24, 2.45) is 0 Å². The van der Waals surface area contributed by atoms with E-state index >= 15 is 0 Å². The summed E-state index contributed by atoms with van der Waals surface area (Å²) in [6, 6.07) is 10.4. The number of H-pyrrole nitrogens is 1. The van der Waals surface area contributed by atoms with Gasteiger partial charge in [-0.25, -0.2) is 4.98 Å². The van der Waals surface area contributed by atoms with Crippen LogP contribution in [0.3, 0.4) is 0 Å². The van der Waals surface area contributed by atoms with Gasteiger partial charge in [0.15, 0.2) is 0 Å². The lowest BCUT2D eigenvalue weighted by Gasteiger charge is -2.40. The van der Waals surface area contributed by atoms with Crippen LogP contribution in [0.4, 0.5) is 0 Å². The Balaban J connectivity index is 1.70. The van der Waals surface area contributed by atoms with Gasteiger partial charge in [-0.3, -0.25) is 4.79 Å². The minimum atomic E-state index is 0.143. The Morgan fingerprint density at radius 1 is 1.32 bits per heavy atom. The van der Waals surface area contributed by atoms with Gasteiger partial charge in [-0.1, -0.05) is 30.3 Å². The van der Waals surface area contributed by atoms with Crippen molar-refractivity contribution in [2.45, 2.75) is 18.9 Å². The molecule has 1 aliphatic heterocycles. The Bertz CT molecular complexity index is 596. The van der Waals surface area contributed by atoms with Gasteiger partial charge in [0, 0.05) is 44.9 Å². The number of hydrogen-bond acceptors (Lipinski definition) is 3. The number of nitrogens with zero attached hydrogens (tertiary/aromatic N) is 3. The normalized spacial score (nSPS) is 19.3.